The number of nitriles is 1. The van der Waals surface area contributed by atoms with E-state index in [1.165, 1.54) is 11.8 Å². The van der Waals surface area contributed by atoms with Crippen LogP contribution in [0.3, 0.4) is 0 Å². The lowest BCUT2D eigenvalue weighted by Gasteiger charge is -2.48. The summed E-state index contributed by atoms with van der Waals surface area (Å²) in [5.41, 5.74) is 1.09. The molecule has 0 bridgehead atoms. The standard InChI is InChI=1S/C15H16N2OS/c1-15(2)11-8-18-12-6-4-3-5-9(12)13(11)10(7-16)14(17)19-15/h3-6,10-11,13,17H,8H2,1-2H3/t10-,11-,13+/m0/s1. The zero-order chi connectivity index (χ0) is 13.6. The molecule has 2 heterocycles. The van der Waals surface area contributed by atoms with Crippen molar-refractivity contribution >= 4 is 16.8 Å². The number of thioether (sulfide) groups is 1. The van der Waals surface area contributed by atoms with Crippen LogP contribution in [0, 0.1) is 28.6 Å². The van der Waals surface area contributed by atoms with E-state index in [9.17, 15) is 5.26 Å². The summed E-state index contributed by atoms with van der Waals surface area (Å²) in [6, 6.07) is 10.3. The zero-order valence-electron chi connectivity index (χ0n) is 11.0. The molecule has 0 unspecified atom stereocenters. The van der Waals surface area contributed by atoms with E-state index in [4.69, 9.17) is 10.1 Å². The minimum atomic E-state index is -0.340. The first kappa shape index (κ1) is 12.6. The minimum Gasteiger partial charge on any atom is -0.493 e. The van der Waals surface area contributed by atoms with Crippen molar-refractivity contribution in [2.24, 2.45) is 11.8 Å². The molecule has 1 aromatic carbocycles. The maximum absolute atomic E-state index is 9.45. The molecule has 98 valence electrons. The van der Waals surface area contributed by atoms with E-state index >= 15 is 0 Å². The van der Waals surface area contributed by atoms with Crippen LogP contribution in [0.2, 0.25) is 0 Å². The molecule has 19 heavy (non-hydrogen) atoms. The van der Waals surface area contributed by atoms with Crippen LogP contribution >= 0.6 is 11.8 Å². The normalized spacial score (nSPS) is 31.6. The van der Waals surface area contributed by atoms with Gasteiger partial charge >= 0.3 is 0 Å². The molecule has 0 aliphatic carbocycles. The third-order valence-corrected chi connectivity index (χ3v) is 5.48. The number of nitrogens with zero attached hydrogens (tertiary/aromatic N) is 1. The van der Waals surface area contributed by atoms with Gasteiger partial charge in [-0.15, -0.1) is 11.8 Å². The van der Waals surface area contributed by atoms with Crippen LogP contribution in [0.4, 0.5) is 0 Å². The fraction of sp³-hybridized carbons (Fsp3) is 0.467. The second-order valence-corrected chi connectivity index (χ2v) is 7.35. The van der Waals surface area contributed by atoms with Crippen LogP contribution in [-0.2, 0) is 0 Å². The van der Waals surface area contributed by atoms with Gasteiger partial charge in [0.05, 0.1) is 17.7 Å². The molecule has 2 aliphatic rings. The smallest absolute Gasteiger partial charge is 0.122 e. The van der Waals surface area contributed by atoms with E-state index in [1.54, 1.807) is 0 Å². The highest BCUT2D eigenvalue weighted by molar-refractivity contribution is 8.15. The van der Waals surface area contributed by atoms with Gasteiger partial charge in [0, 0.05) is 16.6 Å². The van der Waals surface area contributed by atoms with E-state index in [0.29, 0.717) is 11.7 Å². The molecule has 3 atom stereocenters. The number of nitrogens with one attached hydrogen (secondary N) is 1. The van der Waals surface area contributed by atoms with Crippen molar-refractivity contribution < 1.29 is 4.74 Å². The Morgan fingerprint density at radius 2 is 2.16 bits per heavy atom. The molecule has 1 fully saturated rings. The largest absolute Gasteiger partial charge is 0.493 e. The zero-order valence-corrected chi connectivity index (χ0v) is 11.8. The van der Waals surface area contributed by atoms with E-state index in [0.717, 1.165) is 11.3 Å². The monoisotopic (exact) mass is 272 g/mol. The van der Waals surface area contributed by atoms with Crippen LogP contribution in [-0.4, -0.2) is 16.4 Å². The van der Waals surface area contributed by atoms with Crippen molar-refractivity contribution in [2.75, 3.05) is 6.61 Å². The number of ether oxygens (including phenoxy) is 1. The molecule has 2 aliphatic heterocycles. The number of rotatable bonds is 0. The Hall–Kier alpha value is -1.47. The first-order valence-corrected chi connectivity index (χ1v) is 7.25. The van der Waals surface area contributed by atoms with E-state index in [2.05, 4.69) is 19.9 Å². The third kappa shape index (κ3) is 1.84. The predicted octanol–water partition coefficient (Wildman–Crippen LogP) is 3.42. The van der Waals surface area contributed by atoms with Crippen LogP contribution in [0.25, 0.3) is 0 Å². The van der Waals surface area contributed by atoms with E-state index in [1.807, 2.05) is 24.3 Å². The molecule has 4 heteroatoms. The fourth-order valence-corrected chi connectivity index (χ4v) is 4.42. The van der Waals surface area contributed by atoms with Gasteiger partial charge in [0.2, 0.25) is 0 Å². The minimum absolute atomic E-state index is 0.0668. The summed E-state index contributed by atoms with van der Waals surface area (Å²) < 4.78 is 5.80. The molecule has 1 N–H and O–H groups in total. The molecule has 1 saturated heterocycles. The van der Waals surface area contributed by atoms with Crippen molar-refractivity contribution in [3.05, 3.63) is 29.8 Å². The summed E-state index contributed by atoms with van der Waals surface area (Å²) in [5, 5.41) is 18.1. The number of hydrogen-bond donors (Lipinski definition) is 1. The Bertz CT molecular complexity index is 576. The molecule has 0 saturated carbocycles. The quantitative estimate of drug-likeness (QED) is 0.787. The van der Waals surface area contributed by atoms with Crippen LogP contribution < -0.4 is 4.74 Å². The summed E-state index contributed by atoms with van der Waals surface area (Å²) in [4.78, 5) is 0. The molecule has 3 rings (SSSR count). The summed E-state index contributed by atoms with van der Waals surface area (Å²) >= 11 is 1.52. The topological polar surface area (TPSA) is 56.9 Å². The van der Waals surface area contributed by atoms with Crippen LogP contribution in [0.1, 0.15) is 25.3 Å². The summed E-state index contributed by atoms with van der Waals surface area (Å²) in [7, 11) is 0. The Labute approximate surface area is 117 Å². The lowest BCUT2D eigenvalue weighted by Crippen LogP contribution is -2.48. The SMILES string of the molecule is CC1(C)SC(=N)[C@@H](C#N)[C@H]2c3ccccc3OC[C@@H]21. The number of benzene rings is 1. The van der Waals surface area contributed by atoms with Gasteiger partial charge in [-0.1, -0.05) is 18.2 Å². The molecular weight excluding hydrogens is 256 g/mol. The van der Waals surface area contributed by atoms with E-state index in [-0.39, 0.29) is 22.5 Å². The third-order valence-electron chi connectivity index (χ3n) is 4.18. The van der Waals surface area contributed by atoms with Crippen molar-refractivity contribution in [1.82, 2.24) is 0 Å². The van der Waals surface area contributed by atoms with Gasteiger partial charge in [0.15, 0.2) is 0 Å². The number of fused-ring (bicyclic) bond motifs is 3. The molecule has 0 amide bonds. The predicted molar refractivity (Wildman–Crippen MR) is 76.7 cm³/mol. The summed E-state index contributed by atoms with van der Waals surface area (Å²) in [5.74, 6) is 0.887. The molecule has 0 aromatic heterocycles. The Kier molecular flexibility index (Phi) is 2.83. The van der Waals surface area contributed by atoms with Gasteiger partial charge < -0.3 is 4.74 Å². The Morgan fingerprint density at radius 1 is 1.42 bits per heavy atom. The van der Waals surface area contributed by atoms with Gasteiger partial charge in [0.25, 0.3) is 0 Å². The second-order valence-electron chi connectivity index (χ2n) is 5.66. The number of hydrogen-bond acceptors (Lipinski definition) is 4. The average molecular weight is 272 g/mol. The molecule has 3 nitrogen and oxygen atoms in total. The first-order valence-electron chi connectivity index (χ1n) is 6.43. The van der Waals surface area contributed by atoms with Crippen molar-refractivity contribution in [3.63, 3.8) is 0 Å². The average Bonchev–Trinajstić information content (AvgIpc) is 2.38. The van der Waals surface area contributed by atoms with Crippen LogP contribution in [0.5, 0.6) is 5.75 Å². The van der Waals surface area contributed by atoms with Gasteiger partial charge in [-0.2, -0.15) is 5.26 Å². The highest BCUT2D eigenvalue weighted by Gasteiger charge is 2.51. The molecule has 0 spiro atoms. The summed E-state index contributed by atoms with van der Waals surface area (Å²) in [6.45, 7) is 4.93. The van der Waals surface area contributed by atoms with Gasteiger partial charge in [0.1, 0.15) is 11.7 Å². The first-order chi connectivity index (χ1) is 9.04. The number of para-hydroxylation sites is 1. The van der Waals surface area contributed by atoms with E-state index < -0.39 is 0 Å². The molecule has 0 radical (unpaired) electrons. The lowest BCUT2D eigenvalue weighted by molar-refractivity contribution is 0.158. The second kappa shape index (κ2) is 4.28. The van der Waals surface area contributed by atoms with Crippen LogP contribution in [0.15, 0.2) is 24.3 Å². The van der Waals surface area contributed by atoms with Gasteiger partial charge in [-0.05, 0) is 25.5 Å². The van der Waals surface area contributed by atoms with Gasteiger partial charge in [-0.25, -0.2) is 0 Å². The highest BCUT2D eigenvalue weighted by atomic mass is 32.2. The maximum Gasteiger partial charge on any atom is 0.122 e. The Morgan fingerprint density at radius 3 is 2.89 bits per heavy atom. The van der Waals surface area contributed by atoms with Crippen molar-refractivity contribution in [1.29, 1.82) is 10.7 Å². The lowest BCUT2D eigenvalue weighted by atomic mass is 9.71. The Balaban J connectivity index is 2.14. The molecule has 1 aromatic rings. The highest BCUT2D eigenvalue weighted by Crippen LogP contribution is 2.54. The van der Waals surface area contributed by atoms with Gasteiger partial charge in [-0.3, -0.25) is 5.41 Å². The molecular formula is C15H16N2OS. The maximum atomic E-state index is 9.45. The van der Waals surface area contributed by atoms with Crippen molar-refractivity contribution in [2.45, 2.75) is 24.5 Å². The van der Waals surface area contributed by atoms with Crippen molar-refractivity contribution in [3.8, 4) is 11.8 Å². The fourth-order valence-electron chi connectivity index (χ4n) is 3.16. The summed E-state index contributed by atoms with van der Waals surface area (Å²) in [6.07, 6.45) is 0.